The average Bonchev–Trinajstić information content (AvgIpc) is 2.44. The molecule has 1 heterocycles. The van der Waals surface area contributed by atoms with Crippen LogP contribution in [0.3, 0.4) is 0 Å². The van der Waals surface area contributed by atoms with E-state index in [1.807, 2.05) is 0 Å². The van der Waals surface area contributed by atoms with E-state index in [1.54, 1.807) is 12.1 Å². The van der Waals surface area contributed by atoms with Gasteiger partial charge in [-0.2, -0.15) is 0 Å². The standard InChI is InChI=1S/C15H22ClFN2.2ClH/c1-3-11(2)15(19-8-6-18-7-9-19)13-10-12(16)4-5-14(13)17;;/h4-5,10-11,15,18H,3,6-9H2,1-2H3;2*1H/t11?,15-;;/m0../s1. The van der Waals surface area contributed by atoms with Crippen molar-refractivity contribution in [2.24, 2.45) is 5.92 Å². The predicted molar refractivity (Wildman–Crippen MR) is 92.5 cm³/mol. The second-order valence-corrected chi connectivity index (χ2v) is 5.72. The number of nitrogens with one attached hydrogen (secondary N) is 1. The van der Waals surface area contributed by atoms with E-state index in [2.05, 4.69) is 24.1 Å². The van der Waals surface area contributed by atoms with Gasteiger partial charge >= 0.3 is 0 Å². The Morgan fingerprint density at radius 3 is 2.48 bits per heavy atom. The molecule has 0 aliphatic carbocycles. The highest BCUT2D eigenvalue weighted by molar-refractivity contribution is 6.30. The van der Waals surface area contributed by atoms with E-state index in [-0.39, 0.29) is 36.7 Å². The zero-order valence-corrected chi connectivity index (χ0v) is 14.8. The maximum absolute atomic E-state index is 14.2. The molecule has 0 saturated carbocycles. The molecular weight excluding hydrogens is 334 g/mol. The second-order valence-electron chi connectivity index (χ2n) is 5.28. The number of hydrogen-bond acceptors (Lipinski definition) is 2. The largest absolute Gasteiger partial charge is 0.314 e. The van der Waals surface area contributed by atoms with Gasteiger partial charge in [0.05, 0.1) is 0 Å². The van der Waals surface area contributed by atoms with Crippen LogP contribution in [0.5, 0.6) is 0 Å². The molecule has 0 spiro atoms. The molecule has 0 aromatic heterocycles. The first-order chi connectivity index (χ1) is 9.13. The van der Waals surface area contributed by atoms with Crippen molar-refractivity contribution in [2.45, 2.75) is 26.3 Å². The molecule has 0 amide bonds. The molecule has 1 aliphatic rings. The Bertz CT molecular complexity index is 425. The number of benzene rings is 1. The molecule has 0 radical (unpaired) electrons. The van der Waals surface area contributed by atoms with Crippen LogP contribution in [-0.2, 0) is 0 Å². The lowest BCUT2D eigenvalue weighted by Gasteiger charge is -2.38. The van der Waals surface area contributed by atoms with Gasteiger partial charge in [-0.1, -0.05) is 31.9 Å². The number of nitrogens with zero attached hydrogens (tertiary/aromatic N) is 1. The van der Waals surface area contributed by atoms with E-state index in [4.69, 9.17) is 11.6 Å². The molecule has 2 rings (SSSR count). The van der Waals surface area contributed by atoms with Crippen molar-refractivity contribution in [3.8, 4) is 0 Å². The Hall–Kier alpha value is -0.0600. The Morgan fingerprint density at radius 2 is 1.90 bits per heavy atom. The lowest BCUT2D eigenvalue weighted by Crippen LogP contribution is -2.46. The minimum absolute atomic E-state index is 0. The maximum atomic E-state index is 14.2. The van der Waals surface area contributed by atoms with Crippen LogP contribution in [0.15, 0.2) is 18.2 Å². The highest BCUT2D eigenvalue weighted by Crippen LogP contribution is 2.33. The fourth-order valence-corrected chi connectivity index (χ4v) is 2.97. The highest BCUT2D eigenvalue weighted by atomic mass is 35.5. The molecule has 2 atom stereocenters. The van der Waals surface area contributed by atoms with Gasteiger partial charge in [0.2, 0.25) is 0 Å². The summed E-state index contributed by atoms with van der Waals surface area (Å²) in [4.78, 5) is 2.37. The first kappa shape index (κ1) is 20.9. The van der Waals surface area contributed by atoms with E-state index in [9.17, 15) is 4.39 Å². The summed E-state index contributed by atoms with van der Waals surface area (Å²) < 4.78 is 14.2. The number of halogens is 4. The fourth-order valence-electron chi connectivity index (χ4n) is 2.79. The molecule has 1 aromatic rings. The molecule has 21 heavy (non-hydrogen) atoms. The first-order valence-electron chi connectivity index (χ1n) is 7.03. The van der Waals surface area contributed by atoms with Crippen molar-refractivity contribution >= 4 is 36.4 Å². The van der Waals surface area contributed by atoms with Gasteiger partial charge in [-0.3, -0.25) is 4.90 Å². The summed E-state index contributed by atoms with van der Waals surface area (Å²) in [5.74, 6) is 0.263. The molecule has 1 N–H and O–H groups in total. The van der Waals surface area contributed by atoms with Gasteiger partial charge in [-0.25, -0.2) is 4.39 Å². The summed E-state index contributed by atoms with van der Waals surface area (Å²) in [6, 6.07) is 5.00. The third kappa shape index (κ3) is 5.26. The maximum Gasteiger partial charge on any atom is 0.128 e. The molecule has 1 aliphatic heterocycles. The topological polar surface area (TPSA) is 15.3 Å². The van der Waals surface area contributed by atoms with Gasteiger partial charge in [-0.15, -0.1) is 24.8 Å². The van der Waals surface area contributed by atoms with Crippen LogP contribution >= 0.6 is 36.4 Å². The minimum atomic E-state index is -0.145. The van der Waals surface area contributed by atoms with Crippen LogP contribution in [0, 0.1) is 11.7 Å². The first-order valence-corrected chi connectivity index (χ1v) is 7.41. The van der Waals surface area contributed by atoms with E-state index in [1.165, 1.54) is 6.07 Å². The van der Waals surface area contributed by atoms with Gasteiger partial charge in [0, 0.05) is 42.8 Å². The van der Waals surface area contributed by atoms with E-state index in [0.717, 1.165) is 38.2 Å². The van der Waals surface area contributed by atoms with E-state index in [0.29, 0.717) is 10.9 Å². The van der Waals surface area contributed by atoms with Crippen molar-refractivity contribution in [1.29, 1.82) is 0 Å². The number of hydrogen-bond donors (Lipinski definition) is 1. The SMILES string of the molecule is CCC(C)[C@@H](c1cc(Cl)ccc1F)N1CCNCC1.Cl.Cl. The summed E-state index contributed by atoms with van der Waals surface area (Å²) >= 11 is 6.05. The zero-order valence-electron chi connectivity index (χ0n) is 12.4. The third-order valence-corrected chi connectivity index (χ3v) is 4.24. The van der Waals surface area contributed by atoms with Crippen LogP contribution in [0.4, 0.5) is 4.39 Å². The Morgan fingerprint density at radius 1 is 1.29 bits per heavy atom. The zero-order chi connectivity index (χ0) is 13.8. The monoisotopic (exact) mass is 356 g/mol. The van der Waals surface area contributed by atoms with Crippen molar-refractivity contribution in [2.75, 3.05) is 26.2 Å². The average molecular weight is 358 g/mol. The van der Waals surface area contributed by atoms with Gasteiger partial charge < -0.3 is 5.32 Å². The van der Waals surface area contributed by atoms with Crippen molar-refractivity contribution in [3.05, 3.63) is 34.6 Å². The normalized spacial score (nSPS) is 18.3. The third-order valence-electron chi connectivity index (χ3n) is 4.00. The molecular formula is C15H24Cl3FN2. The lowest BCUT2D eigenvalue weighted by molar-refractivity contribution is 0.125. The van der Waals surface area contributed by atoms with Crippen LogP contribution < -0.4 is 5.32 Å². The van der Waals surface area contributed by atoms with Gasteiger partial charge in [-0.05, 0) is 24.1 Å². The molecule has 122 valence electrons. The molecule has 2 nitrogen and oxygen atoms in total. The van der Waals surface area contributed by atoms with Crippen LogP contribution in [-0.4, -0.2) is 31.1 Å². The lowest BCUT2D eigenvalue weighted by atomic mass is 9.90. The molecule has 0 bridgehead atoms. The number of piperazine rings is 1. The summed E-state index contributed by atoms with van der Waals surface area (Å²) in [5, 5.41) is 3.95. The highest BCUT2D eigenvalue weighted by Gasteiger charge is 2.28. The van der Waals surface area contributed by atoms with Crippen LogP contribution in [0.25, 0.3) is 0 Å². The van der Waals surface area contributed by atoms with Crippen molar-refractivity contribution in [3.63, 3.8) is 0 Å². The summed E-state index contributed by atoms with van der Waals surface area (Å²) in [7, 11) is 0. The summed E-state index contributed by atoms with van der Waals surface area (Å²) in [6.07, 6.45) is 1.03. The quantitative estimate of drug-likeness (QED) is 0.863. The molecule has 1 saturated heterocycles. The Kier molecular flexibility index (Phi) is 9.83. The molecule has 1 aromatic carbocycles. The van der Waals surface area contributed by atoms with Crippen LogP contribution in [0.1, 0.15) is 31.9 Å². The molecule has 1 unspecified atom stereocenters. The van der Waals surface area contributed by atoms with E-state index < -0.39 is 0 Å². The van der Waals surface area contributed by atoms with Gasteiger partial charge in [0.15, 0.2) is 0 Å². The van der Waals surface area contributed by atoms with Crippen molar-refractivity contribution in [1.82, 2.24) is 10.2 Å². The smallest absolute Gasteiger partial charge is 0.128 e. The molecule has 1 fully saturated rings. The Labute approximate surface area is 144 Å². The van der Waals surface area contributed by atoms with Gasteiger partial charge in [0.25, 0.3) is 0 Å². The summed E-state index contributed by atoms with van der Waals surface area (Å²) in [5.41, 5.74) is 0.740. The van der Waals surface area contributed by atoms with Gasteiger partial charge in [0.1, 0.15) is 5.82 Å². The molecule has 6 heteroatoms. The Balaban J connectivity index is 0.00000200. The van der Waals surface area contributed by atoms with Crippen molar-refractivity contribution < 1.29 is 4.39 Å². The predicted octanol–water partition coefficient (Wildman–Crippen LogP) is 4.32. The fraction of sp³-hybridized carbons (Fsp3) is 0.600. The minimum Gasteiger partial charge on any atom is -0.314 e. The second kappa shape index (κ2) is 9.86. The number of rotatable bonds is 4. The summed E-state index contributed by atoms with van der Waals surface area (Å²) in [6.45, 7) is 8.20. The van der Waals surface area contributed by atoms with E-state index >= 15 is 0 Å². The van der Waals surface area contributed by atoms with Crippen LogP contribution in [0.2, 0.25) is 5.02 Å².